The van der Waals surface area contributed by atoms with Crippen LogP contribution < -0.4 is 15.2 Å². The molecule has 0 spiro atoms. The van der Waals surface area contributed by atoms with Gasteiger partial charge in [-0.15, -0.1) is 0 Å². The van der Waals surface area contributed by atoms with E-state index in [0.717, 1.165) is 16.7 Å². The maximum absolute atomic E-state index is 15.4. The Morgan fingerprint density at radius 2 is 1.50 bits per heavy atom. The standard InChI is InChI=1S/C40H40N2O6/c1-37(2,3)31-26-20-39-17-18-40(39,34(44)29-25(19-39)27(41)15-16-28(29)46-21-23-11-7-5-8-12-23)36(45)38(26,4)33(43)30-32(31)48-42-35(30)47-22-24-13-9-6-10-14-24/h5-16,26,31H,17-22,41H2,1-4H3. The number of anilines is 1. The SMILES string of the molecule is CC(C)(C)C1c2onc(OCc3ccccc3)c2C(=O)C2(C)C(=O)C34CCC3(Cc3c(N)ccc(OCc5ccccc5)c3C4=O)CC12. The molecule has 4 aromatic rings. The molecule has 8 nitrogen and oxygen atoms in total. The number of hydrogen-bond acceptors (Lipinski definition) is 8. The van der Waals surface area contributed by atoms with E-state index >= 15 is 9.59 Å². The summed E-state index contributed by atoms with van der Waals surface area (Å²) in [5, 5.41) is 4.27. The molecule has 2 saturated carbocycles. The zero-order chi connectivity index (χ0) is 33.6. The smallest absolute Gasteiger partial charge is 0.265 e. The molecule has 4 aliphatic carbocycles. The van der Waals surface area contributed by atoms with Crippen molar-refractivity contribution in [1.29, 1.82) is 0 Å². The van der Waals surface area contributed by atoms with Gasteiger partial charge in [0.15, 0.2) is 23.1 Å². The van der Waals surface area contributed by atoms with Gasteiger partial charge in [0.1, 0.15) is 24.5 Å². The molecule has 3 aromatic carbocycles. The first-order chi connectivity index (χ1) is 22.9. The lowest BCUT2D eigenvalue weighted by atomic mass is 9.31. The first-order valence-corrected chi connectivity index (χ1v) is 16.8. The third-order valence-corrected chi connectivity index (χ3v) is 12.0. The summed E-state index contributed by atoms with van der Waals surface area (Å²) in [7, 11) is 0. The molecule has 8 rings (SSSR count). The summed E-state index contributed by atoms with van der Waals surface area (Å²) in [6.07, 6.45) is 2.08. The van der Waals surface area contributed by atoms with Gasteiger partial charge < -0.3 is 19.7 Å². The predicted molar refractivity (Wildman–Crippen MR) is 179 cm³/mol. The molecule has 0 amide bonds. The van der Waals surface area contributed by atoms with Gasteiger partial charge in [0.25, 0.3) is 5.88 Å². The molecular weight excluding hydrogens is 604 g/mol. The van der Waals surface area contributed by atoms with Crippen LogP contribution in [0.4, 0.5) is 5.69 Å². The first kappa shape index (κ1) is 30.6. The van der Waals surface area contributed by atoms with Crippen LogP contribution in [0.25, 0.3) is 0 Å². The van der Waals surface area contributed by atoms with Crippen LogP contribution in [0.2, 0.25) is 0 Å². The Balaban J connectivity index is 1.23. The van der Waals surface area contributed by atoms with E-state index in [1.807, 2.05) is 60.7 Å². The molecule has 0 aliphatic heterocycles. The zero-order valence-electron chi connectivity index (χ0n) is 27.8. The number of carbonyl (C=O) groups is 3. The molecule has 4 aliphatic rings. The van der Waals surface area contributed by atoms with Gasteiger partial charge >= 0.3 is 0 Å². The molecule has 2 fully saturated rings. The van der Waals surface area contributed by atoms with Crippen molar-refractivity contribution in [2.24, 2.45) is 27.6 Å². The van der Waals surface area contributed by atoms with Gasteiger partial charge in [-0.1, -0.05) is 81.4 Å². The van der Waals surface area contributed by atoms with Gasteiger partial charge in [0, 0.05) is 11.6 Å². The van der Waals surface area contributed by atoms with E-state index in [1.165, 1.54) is 0 Å². The lowest BCUT2D eigenvalue weighted by molar-refractivity contribution is -0.178. The summed E-state index contributed by atoms with van der Waals surface area (Å²) in [5.41, 5.74) is 6.45. The molecule has 0 radical (unpaired) electrons. The van der Waals surface area contributed by atoms with Gasteiger partial charge in [0.05, 0.1) is 16.4 Å². The van der Waals surface area contributed by atoms with Crippen molar-refractivity contribution in [3.05, 3.63) is 106 Å². The van der Waals surface area contributed by atoms with Gasteiger partial charge in [-0.3, -0.25) is 14.4 Å². The van der Waals surface area contributed by atoms with E-state index in [1.54, 1.807) is 19.1 Å². The van der Waals surface area contributed by atoms with Gasteiger partial charge in [-0.2, -0.15) is 0 Å². The molecule has 2 N–H and O–H groups in total. The number of fused-ring (bicyclic) bond motifs is 3. The molecule has 246 valence electrons. The second kappa shape index (κ2) is 10.4. The minimum absolute atomic E-state index is 0.0909. The topological polar surface area (TPSA) is 122 Å². The van der Waals surface area contributed by atoms with Crippen LogP contribution in [0, 0.1) is 27.6 Å². The molecule has 0 saturated heterocycles. The number of hydrogen-bond donors (Lipinski definition) is 1. The highest BCUT2D eigenvalue weighted by Crippen LogP contribution is 2.75. The second-order valence-corrected chi connectivity index (χ2v) is 15.5. The van der Waals surface area contributed by atoms with E-state index < -0.39 is 27.6 Å². The third kappa shape index (κ3) is 4.01. The van der Waals surface area contributed by atoms with Crippen molar-refractivity contribution in [3.8, 4) is 11.6 Å². The number of carbonyl (C=O) groups excluding carboxylic acids is 3. The molecule has 48 heavy (non-hydrogen) atoms. The molecule has 1 aromatic heterocycles. The third-order valence-electron chi connectivity index (χ3n) is 12.0. The lowest BCUT2D eigenvalue weighted by Crippen LogP contribution is -2.74. The fourth-order valence-electron chi connectivity index (χ4n) is 9.55. The van der Waals surface area contributed by atoms with Crippen molar-refractivity contribution < 1.29 is 28.4 Å². The number of Topliss-reactive ketones (excluding diaryl/α,β-unsaturated/α-hetero) is 3. The number of nitrogen functional groups attached to an aromatic ring is 1. The Bertz CT molecular complexity index is 1980. The van der Waals surface area contributed by atoms with Crippen LogP contribution in [0.3, 0.4) is 0 Å². The predicted octanol–water partition coefficient (Wildman–Crippen LogP) is 7.54. The van der Waals surface area contributed by atoms with Crippen LogP contribution in [-0.4, -0.2) is 22.5 Å². The van der Waals surface area contributed by atoms with Crippen LogP contribution in [0.1, 0.15) is 96.0 Å². The van der Waals surface area contributed by atoms with E-state index in [4.69, 9.17) is 19.7 Å². The van der Waals surface area contributed by atoms with Crippen LogP contribution >= 0.6 is 0 Å². The van der Waals surface area contributed by atoms with Crippen molar-refractivity contribution in [2.45, 2.75) is 72.5 Å². The Hall–Kier alpha value is -4.72. The Morgan fingerprint density at radius 1 is 0.854 bits per heavy atom. The number of ether oxygens (including phenoxy) is 2. The summed E-state index contributed by atoms with van der Waals surface area (Å²) in [4.78, 5) is 45.3. The van der Waals surface area contributed by atoms with Crippen molar-refractivity contribution in [2.75, 3.05) is 5.73 Å². The van der Waals surface area contributed by atoms with Crippen LogP contribution in [-0.2, 0) is 24.4 Å². The highest BCUT2D eigenvalue weighted by molar-refractivity contribution is 6.28. The van der Waals surface area contributed by atoms with E-state index in [2.05, 4.69) is 25.9 Å². The van der Waals surface area contributed by atoms with Gasteiger partial charge in [-0.25, -0.2) is 0 Å². The summed E-state index contributed by atoms with van der Waals surface area (Å²) in [6, 6.07) is 22.9. The largest absolute Gasteiger partial charge is 0.488 e. The number of nitrogens with zero attached hydrogens (tertiary/aromatic N) is 1. The minimum atomic E-state index is -1.48. The molecule has 0 bridgehead atoms. The highest BCUT2D eigenvalue weighted by atomic mass is 16.5. The monoisotopic (exact) mass is 644 g/mol. The molecular formula is C40H40N2O6. The molecule has 5 unspecified atom stereocenters. The maximum Gasteiger partial charge on any atom is 0.265 e. The fourth-order valence-corrected chi connectivity index (χ4v) is 9.55. The first-order valence-electron chi connectivity index (χ1n) is 16.8. The minimum Gasteiger partial charge on any atom is -0.488 e. The van der Waals surface area contributed by atoms with Crippen molar-refractivity contribution in [3.63, 3.8) is 0 Å². The highest BCUT2D eigenvalue weighted by Gasteiger charge is 2.79. The van der Waals surface area contributed by atoms with E-state index in [9.17, 15) is 4.79 Å². The van der Waals surface area contributed by atoms with Crippen LogP contribution in [0.5, 0.6) is 11.6 Å². The summed E-state index contributed by atoms with van der Waals surface area (Å²) < 4.78 is 18.4. The number of aromatic nitrogens is 1. The van der Waals surface area contributed by atoms with Crippen LogP contribution in [0.15, 0.2) is 77.3 Å². The quantitative estimate of drug-likeness (QED) is 0.169. The Labute approximate surface area is 280 Å². The summed E-state index contributed by atoms with van der Waals surface area (Å²) in [6.45, 7) is 8.52. The lowest BCUT2D eigenvalue weighted by Gasteiger charge is -2.68. The number of benzene rings is 3. The van der Waals surface area contributed by atoms with E-state index in [-0.39, 0.29) is 47.9 Å². The second-order valence-electron chi connectivity index (χ2n) is 15.5. The number of nitrogens with two attached hydrogens (primary N) is 1. The average Bonchev–Trinajstić information content (AvgIpc) is 3.48. The summed E-state index contributed by atoms with van der Waals surface area (Å²) in [5.74, 6) is -0.690. The summed E-state index contributed by atoms with van der Waals surface area (Å²) >= 11 is 0. The average molecular weight is 645 g/mol. The normalized spacial score (nSPS) is 28.7. The zero-order valence-corrected chi connectivity index (χ0v) is 27.8. The molecule has 5 atom stereocenters. The van der Waals surface area contributed by atoms with Gasteiger partial charge in [-0.05, 0) is 83.3 Å². The Kier molecular flexibility index (Phi) is 6.62. The number of rotatable bonds is 6. The van der Waals surface area contributed by atoms with E-state index in [0.29, 0.717) is 48.4 Å². The maximum atomic E-state index is 15.4. The molecule has 8 heteroatoms. The van der Waals surface area contributed by atoms with Gasteiger partial charge in [0.2, 0.25) is 0 Å². The van der Waals surface area contributed by atoms with Crippen molar-refractivity contribution in [1.82, 2.24) is 5.16 Å². The Morgan fingerprint density at radius 3 is 2.10 bits per heavy atom. The fraction of sp³-hybridized carbons (Fsp3) is 0.400. The molecule has 1 heterocycles. The number of ketones is 3. The van der Waals surface area contributed by atoms with Crippen molar-refractivity contribution >= 4 is 23.0 Å².